The highest BCUT2D eigenvalue weighted by atomic mass is 16.5. The first-order chi connectivity index (χ1) is 6.61. The molecule has 0 aromatic carbocycles. The van der Waals surface area contributed by atoms with Gasteiger partial charge in [-0.15, -0.1) is 0 Å². The van der Waals surface area contributed by atoms with Gasteiger partial charge in [-0.05, 0) is 12.1 Å². The first-order valence-corrected chi connectivity index (χ1v) is 3.64. The molecule has 1 rings (SSSR count). The molecule has 0 bridgehead atoms. The van der Waals surface area contributed by atoms with E-state index in [1.807, 2.05) is 0 Å². The van der Waals surface area contributed by atoms with Crippen molar-refractivity contribution in [3.63, 3.8) is 0 Å². The fraction of sp³-hybridized carbons (Fsp3) is 0.125. The number of aliphatic carboxylic acids is 1. The van der Waals surface area contributed by atoms with E-state index < -0.39 is 18.5 Å². The molecule has 14 heavy (non-hydrogen) atoms. The quantitative estimate of drug-likeness (QED) is 0.717. The number of carbonyl (C=O) groups is 2. The van der Waals surface area contributed by atoms with Crippen LogP contribution in [0.3, 0.4) is 0 Å². The Hall–Kier alpha value is -2.11. The van der Waals surface area contributed by atoms with E-state index in [2.05, 4.69) is 9.72 Å². The largest absolute Gasteiger partial charge is 0.479 e. The summed E-state index contributed by atoms with van der Waals surface area (Å²) in [5.74, 6) is -2.59. The molecule has 1 heterocycles. The number of hydrogen-bond acceptors (Lipinski definition) is 4. The monoisotopic (exact) mass is 197 g/mol. The van der Waals surface area contributed by atoms with Crippen LogP contribution in [0.1, 0.15) is 10.4 Å². The van der Waals surface area contributed by atoms with Crippen LogP contribution in [0.15, 0.2) is 18.3 Å². The standard InChI is InChI=1S/C8H7NO5/c10-6(11)4-14-7-5(8(12)13)2-1-3-9-7/h1-3H,4H2,(H,10,11)(H,12,13). The van der Waals surface area contributed by atoms with Gasteiger partial charge in [0.15, 0.2) is 6.61 Å². The summed E-state index contributed by atoms with van der Waals surface area (Å²) in [6.45, 7) is -0.614. The molecule has 6 heteroatoms. The number of carboxylic acid groups (broad SMARTS) is 2. The second kappa shape index (κ2) is 4.22. The Labute approximate surface area is 78.8 Å². The van der Waals surface area contributed by atoms with Gasteiger partial charge in [-0.1, -0.05) is 0 Å². The van der Waals surface area contributed by atoms with Crippen LogP contribution >= 0.6 is 0 Å². The molecule has 2 N–H and O–H groups in total. The van der Waals surface area contributed by atoms with Gasteiger partial charge in [0.2, 0.25) is 5.88 Å². The topological polar surface area (TPSA) is 96.7 Å². The summed E-state index contributed by atoms with van der Waals surface area (Å²) in [7, 11) is 0. The summed E-state index contributed by atoms with van der Waals surface area (Å²) >= 11 is 0. The normalized spacial score (nSPS) is 9.43. The number of pyridine rings is 1. The number of aromatic carboxylic acids is 1. The Morgan fingerprint density at radius 3 is 2.71 bits per heavy atom. The summed E-state index contributed by atoms with van der Waals surface area (Å²) in [4.78, 5) is 24.4. The molecular formula is C8H7NO5. The van der Waals surface area contributed by atoms with E-state index in [1.165, 1.54) is 18.3 Å². The Balaban J connectivity index is 2.84. The summed E-state index contributed by atoms with van der Waals surface area (Å²) in [5, 5.41) is 17.0. The summed E-state index contributed by atoms with van der Waals surface area (Å²) < 4.78 is 4.67. The highest BCUT2D eigenvalue weighted by molar-refractivity contribution is 5.90. The molecular weight excluding hydrogens is 190 g/mol. The summed E-state index contributed by atoms with van der Waals surface area (Å²) in [6.07, 6.45) is 1.32. The maximum Gasteiger partial charge on any atom is 0.341 e. The molecule has 1 aromatic heterocycles. The number of carboxylic acids is 2. The molecule has 6 nitrogen and oxygen atoms in total. The van der Waals surface area contributed by atoms with Gasteiger partial charge < -0.3 is 14.9 Å². The van der Waals surface area contributed by atoms with Crippen molar-refractivity contribution in [3.05, 3.63) is 23.9 Å². The van der Waals surface area contributed by atoms with Crippen LogP contribution in [0.5, 0.6) is 5.88 Å². The first kappa shape index (κ1) is 9.97. The van der Waals surface area contributed by atoms with Crippen molar-refractivity contribution in [2.45, 2.75) is 0 Å². The minimum atomic E-state index is -1.21. The summed E-state index contributed by atoms with van der Waals surface area (Å²) in [5.41, 5.74) is -0.159. The molecule has 74 valence electrons. The van der Waals surface area contributed by atoms with Crippen LogP contribution in [0.2, 0.25) is 0 Å². The fourth-order valence-electron chi connectivity index (χ4n) is 0.799. The zero-order valence-corrected chi connectivity index (χ0v) is 7.01. The van der Waals surface area contributed by atoms with Crippen molar-refractivity contribution in [2.24, 2.45) is 0 Å². The summed E-state index contributed by atoms with van der Waals surface area (Å²) in [6, 6.07) is 2.71. The average Bonchev–Trinajstić information content (AvgIpc) is 2.15. The molecule has 0 atom stereocenters. The fourth-order valence-corrected chi connectivity index (χ4v) is 0.799. The maximum absolute atomic E-state index is 10.6. The number of rotatable bonds is 4. The molecule has 0 amide bonds. The van der Waals surface area contributed by atoms with Crippen LogP contribution in [-0.4, -0.2) is 33.7 Å². The van der Waals surface area contributed by atoms with Gasteiger partial charge in [0.05, 0.1) is 0 Å². The van der Waals surface area contributed by atoms with E-state index in [0.29, 0.717) is 0 Å². The third kappa shape index (κ3) is 2.44. The Bertz CT molecular complexity index is 363. The molecule has 1 aromatic rings. The van der Waals surface area contributed by atoms with Crippen molar-refractivity contribution < 1.29 is 24.5 Å². The Kier molecular flexibility index (Phi) is 3.01. The van der Waals surface area contributed by atoms with E-state index in [9.17, 15) is 9.59 Å². The first-order valence-electron chi connectivity index (χ1n) is 3.64. The second-order valence-electron chi connectivity index (χ2n) is 2.34. The number of nitrogens with zero attached hydrogens (tertiary/aromatic N) is 1. The maximum atomic E-state index is 10.6. The van der Waals surface area contributed by atoms with E-state index >= 15 is 0 Å². The third-order valence-electron chi connectivity index (χ3n) is 1.33. The molecule has 0 saturated heterocycles. The van der Waals surface area contributed by atoms with E-state index in [0.717, 1.165) is 0 Å². The lowest BCUT2D eigenvalue weighted by Gasteiger charge is -2.04. The minimum Gasteiger partial charge on any atom is -0.479 e. The van der Waals surface area contributed by atoms with Crippen molar-refractivity contribution in [2.75, 3.05) is 6.61 Å². The average molecular weight is 197 g/mol. The van der Waals surface area contributed by atoms with Crippen LogP contribution in [0.4, 0.5) is 0 Å². The van der Waals surface area contributed by atoms with Gasteiger partial charge in [-0.25, -0.2) is 14.6 Å². The highest BCUT2D eigenvalue weighted by Gasteiger charge is 2.12. The van der Waals surface area contributed by atoms with Crippen LogP contribution < -0.4 is 4.74 Å². The minimum absolute atomic E-state index is 0.159. The molecule has 0 aliphatic heterocycles. The zero-order valence-electron chi connectivity index (χ0n) is 7.01. The molecule has 0 fully saturated rings. The lowest BCUT2D eigenvalue weighted by Crippen LogP contribution is -2.12. The molecule has 0 unspecified atom stereocenters. The van der Waals surface area contributed by atoms with E-state index in [1.54, 1.807) is 0 Å². The van der Waals surface area contributed by atoms with Crippen molar-refractivity contribution in [3.8, 4) is 5.88 Å². The smallest absolute Gasteiger partial charge is 0.341 e. The molecule has 0 radical (unpaired) electrons. The molecule has 0 spiro atoms. The lowest BCUT2D eigenvalue weighted by molar-refractivity contribution is -0.139. The lowest BCUT2D eigenvalue weighted by atomic mass is 10.3. The van der Waals surface area contributed by atoms with Crippen molar-refractivity contribution in [1.29, 1.82) is 0 Å². The number of hydrogen-bond donors (Lipinski definition) is 2. The van der Waals surface area contributed by atoms with Gasteiger partial charge in [-0.2, -0.15) is 0 Å². The number of aromatic nitrogens is 1. The van der Waals surface area contributed by atoms with Gasteiger partial charge in [0.1, 0.15) is 5.56 Å². The van der Waals surface area contributed by atoms with Crippen molar-refractivity contribution in [1.82, 2.24) is 4.98 Å². The van der Waals surface area contributed by atoms with Crippen LogP contribution in [-0.2, 0) is 4.79 Å². The van der Waals surface area contributed by atoms with Gasteiger partial charge in [0, 0.05) is 6.20 Å². The molecule has 0 aliphatic carbocycles. The Morgan fingerprint density at radius 1 is 1.43 bits per heavy atom. The van der Waals surface area contributed by atoms with Gasteiger partial charge in [-0.3, -0.25) is 0 Å². The highest BCUT2D eigenvalue weighted by Crippen LogP contribution is 2.13. The van der Waals surface area contributed by atoms with Crippen molar-refractivity contribution >= 4 is 11.9 Å². The zero-order chi connectivity index (χ0) is 10.6. The van der Waals surface area contributed by atoms with Gasteiger partial charge >= 0.3 is 11.9 Å². The third-order valence-corrected chi connectivity index (χ3v) is 1.33. The van der Waals surface area contributed by atoms with Crippen LogP contribution in [0, 0.1) is 0 Å². The van der Waals surface area contributed by atoms with E-state index in [4.69, 9.17) is 10.2 Å². The Morgan fingerprint density at radius 2 is 2.14 bits per heavy atom. The molecule has 0 aliphatic rings. The van der Waals surface area contributed by atoms with E-state index in [-0.39, 0.29) is 11.4 Å². The SMILES string of the molecule is O=C(O)COc1ncccc1C(=O)O. The predicted octanol–water partition coefficient (Wildman–Crippen LogP) is 0.243. The molecule has 0 saturated carbocycles. The van der Waals surface area contributed by atoms with Gasteiger partial charge in [0.25, 0.3) is 0 Å². The second-order valence-corrected chi connectivity index (χ2v) is 2.34. The van der Waals surface area contributed by atoms with Crippen LogP contribution in [0.25, 0.3) is 0 Å². The number of ether oxygens (including phenoxy) is 1. The predicted molar refractivity (Wildman–Crippen MR) is 44.3 cm³/mol.